The molecule has 0 amide bonds. The number of rotatable bonds is 2. The average Bonchev–Trinajstić information content (AvgIpc) is 3.00. The molecule has 3 heterocycles. The number of Topliss-reactive ketones (excluding diaryl/α,β-unsaturated/α-hetero) is 1. The number of carbonyl (C=O) groups is 1. The number of benzene rings is 1. The van der Waals surface area contributed by atoms with Crippen LogP contribution in [-0.2, 0) is 0 Å². The lowest BCUT2D eigenvalue weighted by atomic mass is 9.89. The zero-order chi connectivity index (χ0) is 12.9. The topological polar surface area (TPSA) is 54.3 Å². The first kappa shape index (κ1) is 11.2. The molecule has 2 aromatic rings. The molecule has 1 aromatic carbocycles. The third-order valence-electron chi connectivity index (χ3n) is 4.37. The molecule has 0 spiro atoms. The predicted molar refractivity (Wildman–Crippen MR) is 72.3 cm³/mol. The Morgan fingerprint density at radius 3 is 3.21 bits per heavy atom. The van der Waals surface area contributed by atoms with Crippen LogP contribution in [0, 0.1) is 0 Å². The van der Waals surface area contributed by atoms with Crippen LogP contribution in [0.1, 0.15) is 23.4 Å². The Labute approximate surface area is 111 Å². The van der Waals surface area contributed by atoms with Crippen LogP contribution >= 0.6 is 0 Å². The number of furan rings is 1. The summed E-state index contributed by atoms with van der Waals surface area (Å²) in [6.45, 7) is 1.64. The van der Waals surface area contributed by atoms with E-state index in [1.807, 2.05) is 24.3 Å². The summed E-state index contributed by atoms with van der Waals surface area (Å²) in [5, 5.41) is 8.74. The first-order chi connectivity index (χ1) is 9.28. The lowest BCUT2D eigenvalue weighted by Gasteiger charge is -2.33. The molecule has 2 bridgehead atoms. The normalized spacial score (nSPS) is 29.8. The maximum absolute atomic E-state index is 12.9. The zero-order valence-corrected chi connectivity index (χ0v) is 10.6. The molecule has 0 radical (unpaired) electrons. The summed E-state index contributed by atoms with van der Waals surface area (Å²) in [4.78, 5) is 12.9. The Kier molecular flexibility index (Phi) is 2.31. The van der Waals surface area contributed by atoms with Gasteiger partial charge in [0.25, 0.3) is 0 Å². The first-order valence-corrected chi connectivity index (χ1v) is 6.78. The summed E-state index contributed by atoms with van der Waals surface area (Å²) >= 11 is 0. The predicted octanol–water partition coefficient (Wildman–Crippen LogP) is 1.71. The molecule has 4 nitrogen and oxygen atoms in total. The molecule has 1 aromatic heterocycles. The highest BCUT2D eigenvalue weighted by Crippen LogP contribution is 2.32. The second-order valence-corrected chi connectivity index (χ2v) is 5.57. The smallest absolute Gasteiger partial charge is 0.219 e. The van der Waals surface area contributed by atoms with Crippen LogP contribution in [0.25, 0.3) is 10.8 Å². The highest BCUT2D eigenvalue weighted by molar-refractivity contribution is 6.10. The summed E-state index contributed by atoms with van der Waals surface area (Å²) in [6.07, 6.45) is 3.61. The van der Waals surface area contributed by atoms with Crippen LogP contribution in [0.5, 0.6) is 0 Å². The zero-order valence-electron chi connectivity index (χ0n) is 10.6. The third-order valence-corrected chi connectivity index (χ3v) is 4.37. The van der Waals surface area contributed by atoms with Crippen molar-refractivity contribution in [2.75, 3.05) is 13.1 Å². The minimum Gasteiger partial charge on any atom is -0.460 e. The van der Waals surface area contributed by atoms with E-state index in [1.165, 1.54) is 0 Å². The van der Waals surface area contributed by atoms with Gasteiger partial charge in [-0.05, 0) is 12.8 Å². The number of carbonyl (C=O) groups excluding carboxylic acids is 1. The molecular formula is C15H16N2O2. The molecule has 2 aliphatic rings. The van der Waals surface area contributed by atoms with Crippen LogP contribution in [0.15, 0.2) is 34.9 Å². The van der Waals surface area contributed by atoms with Crippen molar-refractivity contribution in [3.05, 3.63) is 36.3 Å². The molecule has 2 saturated heterocycles. The molecule has 2 fully saturated rings. The monoisotopic (exact) mass is 256 g/mol. The van der Waals surface area contributed by atoms with Gasteiger partial charge in [0.05, 0.1) is 11.8 Å². The number of nitrogens with one attached hydrogen (secondary N) is 2. The largest absolute Gasteiger partial charge is 0.460 e. The maximum atomic E-state index is 12.9. The van der Waals surface area contributed by atoms with E-state index >= 15 is 0 Å². The quantitative estimate of drug-likeness (QED) is 0.803. The second kappa shape index (κ2) is 3.92. The van der Waals surface area contributed by atoms with Gasteiger partial charge in [0.15, 0.2) is 5.76 Å². The minimum absolute atomic E-state index is 0.0865. The maximum Gasteiger partial charge on any atom is 0.219 e. The molecule has 0 saturated carbocycles. The Morgan fingerprint density at radius 1 is 1.37 bits per heavy atom. The third kappa shape index (κ3) is 1.57. The van der Waals surface area contributed by atoms with Crippen molar-refractivity contribution in [1.29, 1.82) is 0 Å². The second-order valence-electron chi connectivity index (χ2n) is 5.57. The van der Waals surface area contributed by atoms with Crippen molar-refractivity contribution < 1.29 is 9.21 Å². The first-order valence-electron chi connectivity index (χ1n) is 6.78. The number of hydrogen-bond acceptors (Lipinski definition) is 4. The van der Waals surface area contributed by atoms with Crippen molar-refractivity contribution in [2.24, 2.45) is 0 Å². The number of ketones is 1. The fourth-order valence-electron chi connectivity index (χ4n) is 3.35. The molecule has 2 atom stereocenters. The molecule has 4 rings (SSSR count). The lowest BCUT2D eigenvalue weighted by molar-refractivity contribution is 0.0821. The number of fused-ring (bicyclic) bond motifs is 3. The fourth-order valence-corrected chi connectivity index (χ4v) is 3.35. The minimum atomic E-state index is -0.469. The molecular weight excluding hydrogens is 240 g/mol. The van der Waals surface area contributed by atoms with E-state index in [0.29, 0.717) is 18.3 Å². The summed E-state index contributed by atoms with van der Waals surface area (Å²) < 4.78 is 5.56. The molecule has 2 N–H and O–H groups in total. The van der Waals surface area contributed by atoms with Gasteiger partial charge in [0.1, 0.15) is 0 Å². The van der Waals surface area contributed by atoms with Crippen LogP contribution in [0.4, 0.5) is 0 Å². The van der Waals surface area contributed by atoms with Gasteiger partial charge in [-0.25, -0.2) is 0 Å². The number of piperazine rings is 1. The van der Waals surface area contributed by atoms with E-state index < -0.39 is 5.54 Å². The van der Waals surface area contributed by atoms with Gasteiger partial charge in [-0.2, -0.15) is 0 Å². The van der Waals surface area contributed by atoms with E-state index in [1.54, 1.807) is 6.26 Å². The Bertz CT molecular complexity index is 644. The molecule has 0 aliphatic carbocycles. The van der Waals surface area contributed by atoms with E-state index in [9.17, 15) is 4.79 Å². The van der Waals surface area contributed by atoms with Gasteiger partial charge >= 0.3 is 0 Å². The van der Waals surface area contributed by atoms with E-state index in [4.69, 9.17) is 4.42 Å². The van der Waals surface area contributed by atoms with Gasteiger partial charge < -0.3 is 9.73 Å². The van der Waals surface area contributed by atoms with Gasteiger partial charge in [-0.3, -0.25) is 10.1 Å². The van der Waals surface area contributed by atoms with Crippen molar-refractivity contribution in [1.82, 2.24) is 10.6 Å². The number of hydrogen-bond donors (Lipinski definition) is 2. The van der Waals surface area contributed by atoms with Gasteiger partial charge in [0.2, 0.25) is 5.78 Å². The highest BCUT2D eigenvalue weighted by atomic mass is 16.3. The van der Waals surface area contributed by atoms with Crippen molar-refractivity contribution in [2.45, 2.75) is 24.4 Å². The molecule has 98 valence electrons. The van der Waals surface area contributed by atoms with Gasteiger partial charge in [0, 0.05) is 29.9 Å². The van der Waals surface area contributed by atoms with E-state index in [2.05, 4.69) is 10.6 Å². The Morgan fingerprint density at radius 2 is 2.26 bits per heavy atom. The highest BCUT2D eigenvalue weighted by Gasteiger charge is 2.48. The van der Waals surface area contributed by atoms with Crippen LogP contribution in [0.2, 0.25) is 0 Å². The Hall–Kier alpha value is -1.65. The molecule has 2 unspecified atom stereocenters. The average molecular weight is 256 g/mol. The van der Waals surface area contributed by atoms with Crippen molar-refractivity contribution in [3.8, 4) is 0 Å². The summed E-state index contributed by atoms with van der Waals surface area (Å²) in [5.74, 6) is 0.579. The van der Waals surface area contributed by atoms with E-state index in [0.717, 1.165) is 30.2 Å². The van der Waals surface area contributed by atoms with Crippen molar-refractivity contribution >= 4 is 16.6 Å². The van der Waals surface area contributed by atoms with Gasteiger partial charge in [-0.1, -0.05) is 24.3 Å². The standard InChI is InChI=1S/C15H16N2O2/c18-14(15-6-5-11(17-15)7-16-9-15)13-12-4-2-1-3-10(12)8-19-13/h1-4,8,11,16-17H,5-7,9H2. The van der Waals surface area contributed by atoms with Crippen LogP contribution in [-0.4, -0.2) is 30.5 Å². The summed E-state index contributed by atoms with van der Waals surface area (Å²) in [6, 6.07) is 8.23. The van der Waals surface area contributed by atoms with Crippen molar-refractivity contribution in [3.63, 3.8) is 0 Å². The van der Waals surface area contributed by atoms with Crippen LogP contribution in [0.3, 0.4) is 0 Å². The van der Waals surface area contributed by atoms with Crippen LogP contribution < -0.4 is 10.6 Å². The Balaban J connectivity index is 1.78. The SMILES string of the molecule is O=C(c1occ2ccccc12)C12CCC(CNC1)N2. The molecule has 19 heavy (non-hydrogen) atoms. The van der Waals surface area contributed by atoms with Gasteiger partial charge in [-0.15, -0.1) is 0 Å². The summed E-state index contributed by atoms with van der Waals surface area (Å²) in [5.41, 5.74) is -0.469. The lowest BCUT2D eigenvalue weighted by Crippen LogP contribution is -2.62. The summed E-state index contributed by atoms with van der Waals surface area (Å²) in [7, 11) is 0. The van der Waals surface area contributed by atoms with E-state index in [-0.39, 0.29) is 5.78 Å². The molecule has 4 heteroatoms. The fraction of sp³-hybridized carbons (Fsp3) is 0.400. The molecule has 2 aliphatic heterocycles.